The number of rotatable bonds is 3. The minimum Gasteiger partial charge on any atom is -0.478 e. The first-order valence-electron chi connectivity index (χ1n) is 5.48. The van der Waals surface area contributed by atoms with Crippen LogP contribution in [0.25, 0.3) is 0 Å². The maximum atomic E-state index is 11.9. The van der Waals surface area contributed by atoms with Crippen LogP contribution in [0, 0.1) is 0 Å². The lowest BCUT2D eigenvalue weighted by molar-refractivity contribution is 0.0691. The predicted molar refractivity (Wildman–Crippen MR) is 74.8 cm³/mol. The zero-order valence-corrected chi connectivity index (χ0v) is 11.5. The summed E-state index contributed by atoms with van der Waals surface area (Å²) in [5.41, 5.74) is 0.299. The van der Waals surface area contributed by atoms with Gasteiger partial charge in [0, 0.05) is 0 Å². The van der Waals surface area contributed by atoms with Crippen LogP contribution < -0.4 is 4.74 Å². The van der Waals surface area contributed by atoms with Crippen molar-refractivity contribution in [1.29, 1.82) is 0 Å². The Morgan fingerprint density at radius 2 is 1.55 bits per heavy atom. The lowest BCUT2D eigenvalue weighted by atomic mass is 10.1. The van der Waals surface area contributed by atoms with Crippen LogP contribution in [-0.4, -0.2) is 17.0 Å². The second-order valence-electron chi connectivity index (χ2n) is 3.82. The number of hydrogen-bond acceptors (Lipinski definition) is 3. The fourth-order valence-corrected chi connectivity index (χ4v) is 1.80. The molecule has 2 aromatic carbocycles. The molecule has 0 spiro atoms. The van der Waals surface area contributed by atoms with Crippen molar-refractivity contribution in [2.75, 3.05) is 0 Å². The monoisotopic (exact) mass is 310 g/mol. The van der Waals surface area contributed by atoms with Gasteiger partial charge in [-0.15, -0.1) is 0 Å². The van der Waals surface area contributed by atoms with Crippen LogP contribution in [0.3, 0.4) is 0 Å². The zero-order valence-electron chi connectivity index (χ0n) is 9.97. The Balaban J connectivity index is 2.20. The van der Waals surface area contributed by atoms with E-state index in [4.69, 9.17) is 33.0 Å². The average molecular weight is 311 g/mol. The minimum absolute atomic E-state index is 0.0855. The number of benzene rings is 2. The van der Waals surface area contributed by atoms with Crippen molar-refractivity contribution in [3.63, 3.8) is 0 Å². The number of carboxylic acids is 1. The van der Waals surface area contributed by atoms with Crippen molar-refractivity contribution in [3.8, 4) is 5.75 Å². The van der Waals surface area contributed by atoms with Crippen molar-refractivity contribution < 1.29 is 19.4 Å². The summed E-state index contributed by atoms with van der Waals surface area (Å²) in [7, 11) is 0. The molecule has 0 aliphatic rings. The average Bonchev–Trinajstić information content (AvgIpc) is 2.44. The smallest absolute Gasteiger partial charge is 0.343 e. The van der Waals surface area contributed by atoms with Crippen molar-refractivity contribution in [1.82, 2.24) is 0 Å². The minimum atomic E-state index is -1.07. The molecule has 0 bridgehead atoms. The molecular formula is C14H8Cl2O4. The van der Waals surface area contributed by atoms with E-state index in [-0.39, 0.29) is 26.9 Å². The molecule has 0 unspecified atom stereocenters. The molecule has 102 valence electrons. The topological polar surface area (TPSA) is 63.6 Å². The summed E-state index contributed by atoms with van der Waals surface area (Å²) in [6, 6.07) is 10.1. The normalized spacial score (nSPS) is 10.1. The molecule has 0 radical (unpaired) electrons. The van der Waals surface area contributed by atoms with Gasteiger partial charge < -0.3 is 9.84 Å². The van der Waals surface area contributed by atoms with Gasteiger partial charge in [0.1, 0.15) is 5.02 Å². The van der Waals surface area contributed by atoms with Crippen LogP contribution in [0.4, 0.5) is 0 Å². The summed E-state index contributed by atoms with van der Waals surface area (Å²) in [6.07, 6.45) is 0. The zero-order chi connectivity index (χ0) is 14.7. The second-order valence-corrected chi connectivity index (χ2v) is 4.61. The summed E-state index contributed by atoms with van der Waals surface area (Å²) in [5.74, 6) is -1.57. The Hall–Kier alpha value is -2.04. The fourth-order valence-electron chi connectivity index (χ4n) is 1.47. The summed E-state index contributed by atoms with van der Waals surface area (Å²) < 4.78 is 5.11. The van der Waals surface area contributed by atoms with E-state index in [9.17, 15) is 9.59 Å². The van der Waals surface area contributed by atoms with E-state index in [0.717, 1.165) is 0 Å². The van der Waals surface area contributed by atoms with Gasteiger partial charge >= 0.3 is 11.9 Å². The standard InChI is InChI=1S/C14H8Cl2O4/c15-10-2-1-3-11(12(10)16)20-14(19)9-6-4-8(5-7-9)13(17)18/h1-7H,(H,17,18). The largest absolute Gasteiger partial charge is 0.478 e. The van der Waals surface area contributed by atoms with Crippen LogP contribution >= 0.6 is 23.2 Å². The molecule has 0 atom stereocenters. The Morgan fingerprint density at radius 1 is 0.950 bits per heavy atom. The van der Waals surface area contributed by atoms with Gasteiger partial charge in [0.25, 0.3) is 0 Å². The third-order valence-electron chi connectivity index (χ3n) is 2.49. The second kappa shape index (κ2) is 5.94. The highest BCUT2D eigenvalue weighted by molar-refractivity contribution is 6.43. The number of carbonyl (C=O) groups is 2. The molecule has 0 heterocycles. The number of carbonyl (C=O) groups excluding carboxylic acids is 1. The lowest BCUT2D eigenvalue weighted by Gasteiger charge is -2.07. The van der Waals surface area contributed by atoms with E-state index in [2.05, 4.69) is 0 Å². The molecule has 2 aromatic rings. The highest BCUT2D eigenvalue weighted by Crippen LogP contribution is 2.31. The van der Waals surface area contributed by atoms with Gasteiger partial charge in [-0.2, -0.15) is 0 Å². The molecule has 0 aromatic heterocycles. The lowest BCUT2D eigenvalue weighted by Crippen LogP contribution is -2.09. The van der Waals surface area contributed by atoms with Crippen LogP contribution in [0.15, 0.2) is 42.5 Å². The van der Waals surface area contributed by atoms with E-state index in [1.54, 1.807) is 12.1 Å². The van der Waals surface area contributed by atoms with Gasteiger partial charge in [-0.25, -0.2) is 9.59 Å². The van der Waals surface area contributed by atoms with Crippen molar-refractivity contribution in [2.24, 2.45) is 0 Å². The van der Waals surface area contributed by atoms with Gasteiger partial charge in [-0.05, 0) is 36.4 Å². The Morgan fingerprint density at radius 3 is 2.15 bits per heavy atom. The number of carboxylic acid groups (broad SMARTS) is 1. The molecule has 0 amide bonds. The van der Waals surface area contributed by atoms with Crippen molar-refractivity contribution in [2.45, 2.75) is 0 Å². The molecule has 0 saturated heterocycles. The number of aromatic carboxylic acids is 1. The quantitative estimate of drug-likeness (QED) is 0.689. The third kappa shape index (κ3) is 3.10. The van der Waals surface area contributed by atoms with E-state index in [0.29, 0.717) is 0 Å². The maximum Gasteiger partial charge on any atom is 0.343 e. The Bertz CT molecular complexity index is 665. The molecular weight excluding hydrogens is 303 g/mol. The van der Waals surface area contributed by atoms with Gasteiger partial charge in [0.05, 0.1) is 16.1 Å². The van der Waals surface area contributed by atoms with Gasteiger partial charge in [-0.3, -0.25) is 0 Å². The SMILES string of the molecule is O=C(O)c1ccc(C(=O)Oc2cccc(Cl)c2Cl)cc1. The molecule has 2 rings (SSSR count). The van der Waals surface area contributed by atoms with Gasteiger partial charge in [0.15, 0.2) is 5.75 Å². The van der Waals surface area contributed by atoms with Crippen molar-refractivity contribution in [3.05, 3.63) is 63.6 Å². The molecule has 1 N–H and O–H groups in total. The number of esters is 1. The van der Waals surface area contributed by atoms with Crippen LogP contribution in [-0.2, 0) is 0 Å². The number of ether oxygens (including phenoxy) is 1. The fraction of sp³-hybridized carbons (Fsp3) is 0. The third-order valence-corrected chi connectivity index (χ3v) is 3.29. The summed E-state index contributed by atoms with van der Waals surface area (Å²) in [4.78, 5) is 22.6. The molecule has 6 heteroatoms. The predicted octanol–water partition coefficient (Wildman–Crippen LogP) is 3.91. The van der Waals surface area contributed by atoms with E-state index < -0.39 is 11.9 Å². The van der Waals surface area contributed by atoms with Gasteiger partial charge in [0.2, 0.25) is 0 Å². The van der Waals surface area contributed by atoms with E-state index >= 15 is 0 Å². The van der Waals surface area contributed by atoms with E-state index in [1.807, 2.05) is 0 Å². The summed E-state index contributed by atoms with van der Waals surface area (Å²) >= 11 is 11.7. The molecule has 4 nitrogen and oxygen atoms in total. The number of halogens is 2. The Labute approximate surface area is 124 Å². The highest BCUT2D eigenvalue weighted by Gasteiger charge is 2.13. The molecule has 0 aliphatic carbocycles. The molecule has 0 fully saturated rings. The molecule has 0 aliphatic heterocycles. The maximum absolute atomic E-state index is 11.9. The van der Waals surface area contributed by atoms with Crippen LogP contribution in [0.2, 0.25) is 10.0 Å². The van der Waals surface area contributed by atoms with Crippen LogP contribution in [0.5, 0.6) is 5.75 Å². The first kappa shape index (κ1) is 14.4. The van der Waals surface area contributed by atoms with Gasteiger partial charge in [-0.1, -0.05) is 29.3 Å². The molecule has 0 saturated carbocycles. The summed E-state index contributed by atoms with van der Waals surface area (Å²) in [5, 5.41) is 9.19. The number of hydrogen-bond donors (Lipinski definition) is 1. The summed E-state index contributed by atoms with van der Waals surface area (Å²) in [6.45, 7) is 0. The molecule has 20 heavy (non-hydrogen) atoms. The highest BCUT2D eigenvalue weighted by atomic mass is 35.5. The van der Waals surface area contributed by atoms with E-state index in [1.165, 1.54) is 30.3 Å². The van der Waals surface area contributed by atoms with Crippen molar-refractivity contribution >= 4 is 35.1 Å². The van der Waals surface area contributed by atoms with Crippen LogP contribution in [0.1, 0.15) is 20.7 Å². The first-order valence-corrected chi connectivity index (χ1v) is 6.24. The Kier molecular flexibility index (Phi) is 4.27. The first-order chi connectivity index (χ1) is 9.49.